The van der Waals surface area contributed by atoms with Gasteiger partial charge in [-0.15, -0.1) is 0 Å². The molecule has 2 saturated carbocycles. The first-order valence-electron chi connectivity index (χ1n) is 9.21. The van der Waals surface area contributed by atoms with Crippen LogP contribution in [0, 0.1) is 11.8 Å². The van der Waals surface area contributed by atoms with Gasteiger partial charge in [0.15, 0.2) is 0 Å². The highest BCUT2D eigenvalue weighted by Gasteiger charge is 2.30. The van der Waals surface area contributed by atoms with Crippen molar-refractivity contribution in [3.63, 3.8) is 0 Å². The Kier molecular flexibility index (Phi) is 5.74. The summed E-state index contributed by atoms with van der Waals surface area (Å²) in [6, 6.07) is 11.7. The van der Waals surface area contributed by atoms with E-state index in [1.165, 1.54) is 69.8 Å². The van der Waals surface area contributed by atoms with Gasteiger partial charge in [-0.25, -0.2) is 0 Å². The number of hydrogen-bond donors (Lipinski definition) is 1. The zero-order valence-electron chi connectivity index (χ0n) is 13.4. The largest absolute Gasteiger partial charge is 0.309 e. The van der Waals surface area contributed by atoms with Crippen molar-refractivity contribution in [1.82, 2.24) is 5.32 Å². The molecule has 0 radical (unpaired) electrons. The lowest BCUT2D eigenvalue weighted by molar-refractivity contribution is 0.171. The second-order valence-electron chi connectivity index (χ2n) is 7.19. The van der Waals surface area contributed by atoms with Crippen LogP contribution in [-0.4, -0.2) is 6.04 Å². The fourth-order valence-corrected chi connectivity index (χ4v) is 4.54. The Labute approximate surface area is 130 Å². The number of benzene rings is 1. The molecule has 0 unspecified atom stereocenters. The molecule has 3 rings (SSSR count). The standard InChI is InChI=1S/C20H31N/c1-4-10-17(11-5-1)16-21-20(18-12-6-2-7-13-18)19-14-8-3-9-15-19/h1,4-5,10-11,18-21H,2-3,6-9,12-16H2. The van der Waals surface area contributed by atoms with Crippen LogP contribution in [0.4, 0.5) is 0 Å². The first-order chi connectivity index (χ1) is 10.4. The van der Waals surface area contributed by atoms with Crippen molar-refractivity contribution in [3.05, 3.63) is 35.9 Å². The minimum absolute atomic E-state index is 0.769. The van der Waals surface area contributed by atoms with Crippen LogP contribution in [0.2, 0.25) is 0 Å². The van der Waals surface area contributed by atoms with Crippen molar-refractivity contribution in [2.45, 2.75) is 76.8 Å². The van der Waals surface area contributed by atoms with Crippen molar-refractivity contribution >= 4 is 0 Å². The van der Waals surface area contributed by atoms with Gasteiger partial charge in [-0.3, -0.25) is 0 Å². The maximum absolute atomic E-state index is 3.98. The first kappa shape index (κ1) is 15.1. The summed E-state index contributed by atoms with van der Waals surface area (Å²) >= 11 is 0. The van der Waals surface area contributed by atoms with Crippen molar-refractivity contribution in [3.8, 4) is 0 Å². The third-order valence-electron chi connectivity index (χ3n) is 5.70. The van der Waals surface area contributed by atoms with E-state index in [4.69, 9.17) is 0 Å². The third-order valence-corrected chi connectivity index (χ3v) is 5.70. The Morgan fingerprint density at radius 1 is 0.762 bits per heavy atom. The van der Waals surface area contributed by atoms with Crippen LogP contribution in [0.3, 0.4) is 0 Å². The molecule has 0 heterocycles. The average Bonchev–Trinajstić information content (AvgIpc) is 2.58. The third kappa shape index (κ3) is 4.32. The highest BCUT2D eigenvalue weighted by Crippen LogP contribution is 2.35. The summed E-state index contributed by atoms with van der Waals surface area (Å²) in [5, 5.41) is 3.98. The Morgan fingerprint density at radius 3 is 1.81 bits per heavy atom. The average molecular weight is 285 g/mol. The summed E-state index contributed by atoms with van der Waals surface area (Å²) in [4.78, 5) is 0. The Balaban J connectivity index is 1.62. The number of hydrogen-bond acceptors (Lipinski definition) is 1. The predicted molar refractivity (Wildman–Crippen MR) is 90.2 cm³/mol. The minimum Gasteiger partial charge on any atom is -0.309 e. The SMILES string of the molecule is c1ccc(CNC(C2CCCCC2)C2CCCCC2)cc1. The predicted octanol–water partition coefficient (Wildman–Crippen LogP) is 5.31. The van der Waals surface area contributed by atoms with Crippen LogP contribution in [-0.2, 0) is 6.54 Å². The van der Waals surface area contributed by atoms with Gasteiger partial charge in [0.2, 0.25) is 0 Å². The van der Waals surface area contributed by atoms with Gasteiger partial charge < -0.3 is 5.32 Å². The van der Waals surface area contributed by atoms with Crippen molar-refractivity contribution in [2.24, 2.45) is 11.8 Å². The van der Waals surface area contributed by atoms with Crippen molar-refractivity contribution < 1.29 is 0 Å². The Hall–Kier alpha value is -0.820. The van der Waals surface area contributed by atoms with E-state index in [2.05, 4.69) is 35.6 Å². The normalized spacial score (nSPS) is 21.8. The number of nitrogens with one attached hydrogen (secondary N) is 1. The Morgan fingerprint density at radius 2 is 1.29 bits per heavy atom. The van der Waals surface area contributed by atoms with Gasteiger partial charge in [0, 0.05) is 12.6 Å². The van der Waals surface area contributed by atoms with E-state index < -0.39 is 0 Å². The molecule has 0 bridgehead atoms. The van der Waals surface area contributed by atoms with Gasteiger partial charge in [0.05, 0.1) is 0 Å². The highest BCUT2D eigenvalue weighted by molar-refractivity contribution is 5.14. The molecule has 2 aliphatic rings. The summed E-state index contributed by atoms with van der Waals surface area (Å²) < 4.78 is 0. The van der Waals surface area contributed by atoms with E-state index >= 15 is 0 Å². The lowest BCUT2D eigenvalue weighted by atomic mass is 9.73. The molecule has 0 amide bonds. The first-order valence-corrected chi connectivity index (χ1v) is 9.21. The van der Waals surface area contributed by atoms with E-state index in [1.807, 2.05) is 0 Å². The van der Waals surface area contributed by atoms with Crippen LogP contribution < -0.4 is 5.32 Å². The van der Waals surface area contributed by atoms with Crippen LogP contribution in [0.5, 0.6) is 0 Å². The molecule has 1 N–H and O–H groups in total. The molecule has 0 saturated heterocycles. The van der Waals surface area contributed by atoms with Gasteiger partial charge in [-0.1, -0.05) is 68.9 Å². The fraction of sp³-hybridized carbons (Fsp3) is 0.700. The van der Waals surface area contributed by atoms with E-state index in [-0.39, 0.29) is 0 Å². The van der Waals surface area contributed by atoms with Crippen molar-refractivity contribution in [2.75, 3.05) is 0 Å². The molecular weight excluding hydrogens is 254 g/mol. The minimum atomic E-state index is 0.769. The molecule has 0 atom stereocenters. The van der Waals surface area contributed by atoms with Gasteiger partial charge in [-0.2, -0.15) is 0 Å². The molecule has 1 heteroatoms. The quantitative estimate of drug-likeness (QED) is 0.773. The molecule has 1 nitrogen and oxygen atoms in total. The lowest BCUT2D eigenvalue weighted by Gasteiger charge is -2.38. The molecule has 1 aromatic rings. The molecule has 1 aromatic carbocycles. The number of rotatable bonds is 5. The maximum Gasteiger partial charge on any atom is 0.0208 e. The topological polar surface area (TPSA) is 12.0 Å². The van der Waals surface area contributed by atoms with Gasteiger partial charge >= 0.3 is 0 Å². The van der Waals surface area contributed by atoms with Crippen LogP contribution >= 0.6 is 0 Å². The summed E-state index contributed by atoms with van der Waals surface area (Å²) in [6.45, 7) is 1.05. The van der Waals surface area contributed by atoms with Crippen molar-refractivity contribution in [1.29, 1.82) is 0 Å². The molecule has 0 spiro atoms. The van der Waals surface area contributed by atoms with E-state index in [9.17, 15) is 0 Å². The zero-order valence-corrected chi connectivity index (χ0v) is 13.4. The second-order valence-corrected chi connectivity index (χ2v) is 7.19. The lowest BCUT2D eigenvalue weighted by Crippen LogP contribution is -2.43. The molecule has 0 aliphatic heterocycles. The van der Waals surface area contributed by atoms with Gasteiger partial charge in [0.25, 0.3) is 0 Å². The van der Waals surface area contributed by atoms with Crippen LogP contribution in [0.15, 0.2) is 30.3 Å². The van der Waals surface area contributed by atoms with E-state index in [1.54, 1.807) is 0 Å². The van der Waals surface area contributed by atoms with Gasteiger partial charge in [-0.05, 0) is 43.1 Å². The summed E-state index contributed by atoms with van der Waals surface area (Å²) in [5.41, 5.74) is 1.44. The monoisotopic (exact) mass is 285 g/mol. The van der Waals surface area contributed by atoms with Crippen LogP contribution in [0.25, 0.3) is 0 Å². The van der Waals surface area contributed by atoms with Crippen LogP contribution in [0.1, 0.15) is 69.8 Å². The summed E-state index contributed by atoms with van der Waals surface area (Å²) in [6.07, 6.45) is 14.6. The molecular formula is C20H31N. The van der Waals surface area contributed by atoms with E-state index in [0.717, 1.165) is 24.4 Å². The maximum atomic E-state index is 3.98. The Bertz CT molecular complexity index is 370. The molecule has 0 aromatic heterocycles. The fourth-order valence-electron chi connectivity index (χ4n) is 4.54. The second kappa shape index (κ2) is 7.98. The highest BCUT2D eigenvalue weighted by atomic mass is 14.9. The summed E-state index contributed by atoms with van der Waals surface area (Å²) in [5.74, 6) is 1.87. The van der Waals surface area contributed by atoms with Gasteiger partial charge in [0.1, 0.15) is 0 Å². The molecule has 116 valence electrons. The summed E-state index contributed by atoms with van der Waals surface area (Å²) in [7, 11) is 0. The molecule has 2 fully saturated rings. The zero-order chi connectivity index (χ0) is 14.3. The molecule has 2 aliphatic carbocycles. The van der Waals surface area contributed by atoms with E-state index in [0.29, 0.717) is 0 Å². The smallest absolute Gasteiger partial charge is 0.0208 e. The molecule has 21 heavy (non-hydrogen) atoms.